The van der Waals surface area contributed by atoms with Gasteiger partial charge in [0.1, 0.15) is 17.1 Å². The summed E-state index contributed by atoms with van der Waals surface area (Å²) in [6.45, 7) is 0.363. The molecule has 6 aromatic rings. The van der Waals surface area contributed by atoms with E-state index in [4.69, 9.17) is 28.9 Å². The Balaban J connectivity index is 1.34. The van der Waals surface area contributed by atoms with Crippen molar-refractivity contribution in [2.75, 3.05) is 28.4 Å². The maximum atomic E-state index is 13.2. The second-order valence-electron chi connectivity index (χ2n) is 13.6. The fourth-order valence-corrected chi connectivity index (χ4v) is 7.95. The van der Waals surface area contributed by atoms with Crippen LogP contribution in [0.3, 0.4) is 0 Å². The lowest BCUT2D eigenvalue weighted by Gasteiger charge is -2.28. The molecular formula is C43H36N6O6. The Morgan fingerprint density at radius 2 is 1.31 bits per heavy atom. The summed E-state index contributed by atoms with van der Waals surface area (Å²) < 4.78 is 22.9. The summed E-state index contributed by atoms with van der Waals surface area (Å²) in [4.78, 5) is 44.0. The third-order valence-electron chi connectivity index (χ3n) is 10.6. The van der Waals surface area contributed by atoms with Gasteiger partial charge in [0.25, 0.3) is 0 Å². The van der Waals surface area contributed by atoms with Gasteiger partial charge in [-0.15, -0.1) is 0 Å². The van der Waals surface area contributed by atoms with Crippen LogP contribution in [0.5, 0.6) is 11.5 Å². The van der Waals surface area contributed by atoms with Crippen LogP contribution in [0.15, 0.2) is 84.9 Å². The van der Waals surface area contributed by atoms with Crippen LogP contribution < -0.4 is 9.47 Å². The quantitative estimate of drug-likeness (QED) is 0.164. The molecule has 2 N–H and O–H groups in total. The number of aromatic amines is 2. The van der Waals surface area contributed by atoms with Crippen molar-refractivity contribution < 1.29 is 28.5 Å². The fourth-order valence-electron chi connectivity index (χ4n) is 7.95. The van der Waals surface area contributed by atoms with Crippen molar-refractivity contribution in [3.05, 3.63) is 125 Å². The highest BCUT2D eigenvalue weighted by molar-refractivity contribution is 6.03. The molecule has 0 spiro atoms. The molecule has 0 aliphatic carbocycles. The minimum absolute atomic E-state index is 0.0639. The van der Waals surface area contributed by atoms with Gasteiger partial charge in [-0.1, -0.05) is 24.3 Å². The van der Waals surface area contributed by atoms with E-state index >= 15 is 0 Å². The smallest absolute Gasteiger partial charge is 0.359 e. The predicted molar refractivity (Wildman–Crippen MR) is 208 cm³/mol. The Kier molecular flexibility index (Phi) is 8.29. The zero-order valence-electron chi connectivity index (χ0n) is 30.5. The number of ether oxygens (including phenoxy) is 4. The Morgan fingerprint density at radius 1 is 0.691 bits per heavy atom. The molecular weight excluding hydrogens is 697 g/mol. The van der Waals surface area contributed by atoms with E-state index in [0.29, 0.717) is 18.7 Å². The molecule has 0 fully saturated rings. The first kappa shape index (κ1) is 33.9. The topological polar surface area (TPSA) is 146 Å². The third kappa shape index (κ3) is 5.82. The molecule has 3 aliphatic rings. The molecule has 12 heteroatoms. The zero-order chi connectivity index (χ0) is 37.8. The van der Waals surface area contributed by atoms with Crippen LogP contribution in [-0.4, -0.2) is 70.1 Å². The largest absolute Gasteiger partial charge is 0.497 e. The number of rotatable bonds is 6. The van der Waals surface area contributed by atoms with Crippen LogP contribution in [0, 0.1) is 0 Å². The number of aromatic nitrogens is 6. The second kappa shape index (κ2) is 13.5. The summed E-state index contributed by atoms with van der Waals surface area (Å²) in [5.41, 5.74) is 11.2. The zero-order valence-corrected chi connectivity index (χ0v) is 30.5. The molecule has 0 radical (unpaired) electrons. The van der Waals surface area contributed by atoms with Gasteiger partial charge in [0, 0.05) is 50.7 Å². The number of nitrogens with one attached hydrogen (secondary N) is 2. The first-order valence-corrected chi connectivity index (χ1v) is 17.8. The van der Waals surface area contributed by atoms with Gasteiger partial charge in [-0.3, -0.25) is 9.67 Å². The normalized spacial score (nSPS) is 15.6. The number of hydrogen-bond donors (Lipinski definition) is 2. The molecule has 2 aromatic carbocycles. The molecule has 3 aliphatic heterocycles. The van der Waals surface area contributed by atoms with Crippen LogP contribution in [-0.2, 0) is 22.4 Å². The van der Waals surface area contributed by atoms with Crippen LogP contribution >= 0.6 is 0 Å². The highest BCUT2D eigenvalue weighted by Gasteiger charge is 2.42. The average molecular weight is 733 g/mol. The third-order valence-corrected chi connectivity index (χ3v) is 10.6. The van der Waals surface area contributed by atoms with Gasteiger partial charge in [0.2, 0.25) is 0 Å². The molecule has 0 amide bonds. The minimum atomic E-state index is -0.701. The van der Waals surface area contributed by atoms with Gasteiger partial charge < -0.3 is 28.9 Å². The highest BCUT2D eigenvalue weighted by atomic mass is 16.5. The first-order chi connectivity index (χ1) is 26.8. The van der Waals surface area contributed by atoms with Gasteiger partial charge in [-0.2, -0.15) is 5.10 Å². The van der Waals surface area contributed by atoms with E-state index in [0.717, 1.165) is 78.6 Å². The van der Waals surface area contributed by atoms with E-state index in [1.807, 2.05) is 78.9 Å². The van der Waals surface area contributed by atoms with Gasteiger partial charge in [0.15, 0.2) is 5.69 Å². The number of carbonyl (C=O) groups excluding carboxylic acids is 2. The van der Waals surface area contributed by atoms with Gasteiger partial charge in [0.05, 0.1) is 57.8 Å². The van der Waals surface area contributed by atoms with E-state index in [1.54, 1.807) is 18.9 Å². The van der Waals surface area contributed by atoms with Gasteiger partial charge >= 0.3 is 11.9 Å². The maximum absolute atomic E-state index is 13.2. The van der Waals surface area contributed by atoms with E-state index in [2.05, 4.69) is 33.3 Å². The first-order valence-electron chi connectivity index (χ1n) is 17.8. The number of nitrogens with zero attached hydrogens (tertiary/aromatic N) is 4. The fraction of sp³-hybridized carbons (Fsp3) is 0.186. The predicted octanol–water partition coefficient (Wildman–Crippen LogP) is 7.73. The van der Waals surface area contributed by atoms with E-state index in [-0.39, 0.29) is 23.1 Å². The van der Waals surface area contributed by atoms with Crippen LogP contribution in [0.25, 0.3) is 56.5 Å². The number of fused-ring (bicyclic) bond motifs is 12. The Labute approximate surface area is 315 Å². The molecule has 2 atom stereocenters. The maximum Gasteiger partial charge on any atom is 0.359 e. The molecule has 55 heavy (non-hydrogen) atoms. The minimum Gasteiger partial charge on any atom is -0.497 e. The van der Waals surface area contributed by atoms with E-state index in [1.165, 1.54) is 14.2 Å². The SMILES string of the molecule is COC(=O)c1nn2c(c1C(=O)OC)CC1c3cc4ccc([nH]4)c(-c4ccc(OC)cc4)c4nc(cc5ccc([nH]5)c(-c5ccc(OC)cc5)c(n3)C1C2)C=C4. The number of esters is 2. The van der Waals surface area contributed by atoms with Crippen molar-refractivity contribution in [2.24, 2.45) is 0 Å². The number of hydrogen-bond acceptors (Lipinski definition) is 9. The molecule has 0 saturated heterocycles. The molecule has 7 heterocycles. The Hall–Kier alpha value is -6.95. The van der Waals surface area contributed by atoms with E-state index in [9.17, 15) is 9.59 Å². The second-order valence-corrected chi connectivity index (χ2v) is 13.6. The number of methoxy groups -OCH3 is 4. The Morgan fingerprint density at radius 3 is 1.95 bits per heavy atom. The molecule has 9 rings (SSSR count). The van der Waals surface area contributed by atoms with Crippen LogP contribution in [0.1, 0.15) is 61.2 Å². The molecule has 2 unspecified atom stereocenters. The lowest BCUT2D eigenvalue weighted by atomic mass is 9.81. The Bertz CT molecular complexity index is 2710. The number of carbonyl (C=O) groups is 2. The van der Waals surface area contributed by atoms with Crippen molar-refractivity contribution in [3.8, 4) is 33.8 Å². The van der Waals surface area contributed by atoms with Crippen molar-refractivity contribution in [3.63, 3.8) is 0 Å². The average Bonchev–Trinajstić information content (AvgIpc) is 4.07. The summed E-state index contributed by atoms with van der Waals surface area (Å²) >= 11 is 0. The van der Waals surface area contributed by atoms with Crippen molar-refractivity contribution >= 4 is 46.2 Å². The van der Waals surface area contributed by atoms with Crippen molar-refractivity contribution in [1.29, 1.82) is 0 Å². The van der Waals surface area contributed by atoms with Crippen LogP contribution in [0.4, 0.5) is 0 Å². The monoisotopic (exact) mass is 732 g/mol. The summed E-state index contributed by atoms with van der Waals surface area (Å²) in [5.74, 6) is -0.189. The number of H-pyrrole nitrogens is 2. The van der Waals surface area contributed by atoms with Crippen molar-refractivity contribution in [2.45, 2.75) is 24.8 Å². The summed E-state index contributed by atoms with van der Waals surface area (Å²) in [5, 5.41) is 4.63. The van der Waals surface area contributed by atoms with E-state index < -0.39 is 11.9 Å². The highest BCUT2D eigenvalue weighted by Crippen LogP contribution is 2.48. The summed E-state index contributed by atoms with van der Waals surface area (Å²) in [6.07, 6.45) is 4.43. The lowest BCUT2D eigenvalue weighted by molar-refractivity contribution is 0.0551. The van der Waals surface area contributed by atoms with Crippen LogP contribution in [0.2, 0.25) is 0 Å². The number of benzene rings is 2. The molecule has 12 nitrogen and oxygen atoms in total. The molecule has 8 bridgehead atoms. The standard InChI is InChI=1S/C43H36N6O6/c1-52-28-12-5-23(6-13-28)37-32-16-9-25(44-32)19-26-10-18-34(45-26)38(24-7-14-29(53-2)15-8-24)40-31-22-49-36(39(42(50)54-3)41(48-49)43(51)55-4)21-30(31)35(47-40)20-27-11-17-33(37)46-27/h5-20,30-31,45-46H,21-22H2,1-4H3. The van der Waals surface area contributed by atoms with Gasteiger partial charge in [-0.05, 0) is 90.4 Å². The van der Waals surface area contributed by atoms with Gasteiger partial charge in [-0.25, -0.2) is 14.6 Å². The summed E-state index contributed by atoms with van der Waals surface area (Å²) in [6, 6.07) is 28.2. The van der Waals surface area contributed by atoms with Crippen molar-refractivity contribution in [1.82, 2.24) is 29.7 Å². The lowest BCUT2D eigenvalue weighted by Crippen LogP contribution is -2.25. The summed E-state index contributed by atoms with van der Waals surface area (Å²) in [7, 11) is 5.86. The molecule has 274 valence electrons. The molecule has 0 saturated carbocycles. The molecule has 4 aromatic heterocycles.